The summed E-state index contributed by atoms with van der Waals surface area (Å²) in [4.78, 5) is 23.3. The Kier molecular flexibility index (Phi) is 3.87. The number of benzene rings is 1. The van der Waals surface area contributed by atoms with Gasteiger partial charge in [-0.05, 0) is 12.1 Å². The number of carbonyl (C=O) groups excluding carboxylic acids is 2. The van der Waals surface area contributed by atoms with Gasteiger partial charge in [-0.2, -0.15) is 0 Å². The van der Waals surface area contributed by atoms with Gasteiger partial charge in [-0.15, -0.1) is 0 Å². The second kappa shape index (κ2) is 5.33. The second-order valence-corrected chi connectivity index (χ2v) is 5.01. The van der Waals surface area contributed by atoms with Gasteiger partial charge in [0.15, 0.2) is 5.57 Å². The van der Waals surface area contributed by atoms with Gasteiger partial charge in [0.25, 0.3) is 5.79 Å². The number of ether oxygens (including phenoxy) is 2. The number of hydrogen-bond acceptors (Lipinski definition) is 5. The molecule has 0 spiro atoms. The molecule has 1 fully saturated rings. The van der Waals surface area contributed by atoms with Gasteiger partial charge in [-0.3, -0.25) is 0 Å². The molecule has 0 atom stereocenters. The van der Waals surface area contributed by atoms with Crippen LogP contribution in [0.15, 0.2) is 23.9 Å². The summed E-state index contributed by atoms with van der Waals surface area (Å²) in [6.07, 6.45) is 0.946. The van der Waals surface area contributed by atoms with Crippen molar-refractivity contribution in [1.29, 1.82) is 0 Å². The van der Waals surface area contributed by atoms with Crippen LogP contribution in [0.1, 0.15) is 13.8 Å². The Morgan fingerprint density at radius 3 is 2.10 bits per heavy atom. The number of nitrogens with one attached hydrogen (secondary N) is 1. The van der Waals surface area contributed by atoms with E-state index in [1.807, 2.05) is 0 Å². The average Bonchev–Trinajstić information content (AvgIpc) is 2.33. The Morgan fingerprint density at radius 1 is 1.14 bits per heavy atom. The fraction of sp³-hybridized carbons (Fsp3) is 0.231. The summed E-state index contributed by atoms with van der Waals surface area (Å²) < 4.78 is 36.2. The van der Waals surface area contributed by atoms with E-state index in [0.717, 1.165) is 18.3 Å². The van der Waals surface area contributed by atoms with Crippen molar-refractivity contribution in [1.82, 2.24) is 0 Å². The Morgan fingerprint density at radius 2 is 1.62 bits per heavy atom. The van der Waals surface area contributed by atoms with Gasteiger partial charge in [-0.25, -0.2) is 18.4 Å². The van der Waals surface area contributed by atoms with Crippen LogP contribution in [-0.4, -0.2) is 17.7 Å². The molecule has 1 heterocycles. The minimum absolute atomic E-state index is 0.0349. The molecule has 2 rings (SSSR count). The molecule has 1 N–H and O–H groups in total. The number of carbonyl (C=O) groups is 2. The largest absolute Gasteiger partial charge is 0.419 e. The van der Waals surface area contributed by atoms with Crippen LogP contribution in [0, 0.1) is 11.6 Å². The van der Waals surface area contributed by atoms with Crippen molar-refractivity contribution in [3.63, 3.8) is 0 Å². The zero-order valence-electron chi connectivity index (χ0n) is 11.0. The zero-order valence-corrected chi connectivity index (χ0v) is 11.8. The molecule has 0 unspecified atom stereocenters. The van der Waals surface area contributed by atoms with E-state index in [1.54, 1.807) is 0 Å². The quantitative estimate of drug-likeness (QED) is 0.393. The van der Waals surface area contributed by atoms with E-state index < -0.39 is 40.0 Å². The SMILES string of the molecule is CC1(C)OC(=O)C(=CNc2cc(F)c(Cl)c(F)c2)C(=O)O1. The third-order valence-corrected chi connectivity index (χ3v) is 2.84. The number of cyclic esters (lactones) is 2. The van der Waals surface area contributed by atoms with E-state index in [1.165, 1.54) is 13.8 Å². The lowest BCUT2D eigenvalue weighted by Crippen LogP contribution is -2.42. The van der Waals surface area contributed by atoms with Crippen molar-refractivity contribution < 1.29 is 27.8 Å². The van der Waals surface area contributed by atoms with Crippen molar-refractivity contribution in [2.45, 2.75) is 19.6 Å². The maximum Gasteiger partial charge on any atom is 0.350 e. The molecule has 0 aliphatic carbocycles. The van der Waals surface area contributed by atoms with Gasteiger partial charge in [-0.1, -0.05) is 11.6 Å². The maximum absolute atomic E-state index is 13.2. The van der Waals surface area contributed by atoms with E-state index in [0.29, 0.717) is 0 Å². The van der Waals surface area contributed by atoms with Crippen LogP contribution in [0.4, 0.5) is 14.5 Å². The molecule has 1 aromatic rings. The lowest BCUT2D eigenvalue weighted by atomic mass is 10.2. The highest BCUT2D eigenvalue weighted by molar-refractivity contribution is 6.31. The topological polar surface area (TPSA) is 64.6 Å². The van der Waals surface area contributed by atoms with E-state index in [2.05, 4.69) is 5.32 Å². The van der Waals surface area contributed by atoms with E-state index in [-0.39, 0.29) is 5.69 Å². The summed E-state index contributed by atoms with van der Waals surface area (Å²) in [5.74, 6) is -5.12. The Balaban J connectivity index is 2.22. The van der Waals surface area contributed by atoms with Gasteiger partial charge < -0.3 is 14.8 Å². The van der Waals surface area contributed by atoms with Gasteiger partial charge in [0.2, 0.25) is 0 Å². The number of esters is 2. The number of halogens is 3. The molecular formula is C13H10ClF2NO4. The maximum atomic E-state index is 13.2. The lowest BCUT2D eigenvalue weighted by molar-refractivity contribution is -0.222. The standard InChI is InChI=1S/C13H10ClF2NO4/c1-13(2)20-11(18)7(12(19)21-13)5-17-6-3-8(15)10(14)9(16)4-6/h3-5,17H,1-2H3. The average molecular weight is 318 g/mol. The summed E-state index contributed by atoms with van der Waals surface area (Å²) in [7, 11) is 0. The van der Waals surface area contributed by atoms with Gasteiger partial charge >= 0.3 is 11.9 Å². The summed E-state index contributed by atoms with van der Waals surface area (Å²) in [5.41, 5.74) is -0.461. The van der Waals surface area contributed by atoms with E-state index >= 15 is 0 Å². The molecule has 1 aliphatic rings. The van der Waals surface area contributed by atoms with Crippen molar-refractivity contribution in [3.8, 4) is 0 Å². The van der Waals surface area contributed by atoms with Crippen LogP contribution in [0.2, 0.25) is 5.02 Å². The molecule has 5 nitrogen and oxygen atoms in total. The van der Waals surface area contributed by atoms with Gasteiger partial charge in [0.05, 0.1) is 0 Å². The molecule has 0 bridgehead atoms. The summed E-state index contributed by atoms with van der Waals surface area (Å²) in [6.45, 7) is 2.80. The first kappa shape index (κ1) is 15.2. The molecule has 1 aromatic carbocycles. The summed E-state index contributed by atoms with van der Waals surface area (Å²) in [6, 6.07) is 1.82. The number of hydrogen-bond donors (Lipinski definition) is 1. The first-order valence-electron chi connectivity index (χ1n) is 5.77. The second-order valence-electron chi connectivity index (χ2n) is 4.64. The highest BCUT2D eigenvalue weighted by Gasteiger charge is 2.38. The van der Waals surface area contributed by atoms with Crippen LogP contribution in [-0.2, 0) is 19.1 Å². The first-order valence-corrected chi connectivity index (χ1v) is 6.15. The predicted molar refractivity (Wildman–Crippen MR) is 69.3 cm³/mol. The molecule has 0 radical (unpaired) electrons. The fourth-order valence-corrected chi connectivity index (χ4v) is 1.68. The Bertz CT molecular complexity index is 613. The molecule has 8 heteroatoms. The van der Waals surface area contributed by atoms with Crippen molar-refractivity contribution in [2.75, 3.05) is 5.32 Å². The Labute approximate surface area is 123 Å². The molecule has 0 aromatic heterocycles. The third-order valence-electron chi connectivity index (χ3n) is 2.48. The summed E-state index contributed by atoms with van der Waals surface area (Å²) in [5, 5.41) is 1.76. The highest BCUT2D eigenvalue weighted by atomic mass is 35.5. The molecule has 0 amide bonds. The van der Waals surface area contributed by atoms with Gasteiger partial charge in [0, 0.05) is 25.7 Å². The normalized spacial score (nSPS) is 17.1. The molecule has 21 heavy (non-hydrogen) atoms. The van der Waals surface area contributed by atoms with E-state index in [9.17, 15) is 18.4 Å². The first-order chi connectivity index (χ1) is 9.69. The lowest BCUT2D eigenvalue weighted by Gasteiger charge is -2.29. The van der Waals surface area contributed by atoms with Crippen molar-refractivity contribution >= 4 is 29.2 Å². The Hall–Kier alpha value is -2.15. The van der Waals surface area contributed by atoms with Crippen LogP contribution in [0.3, 0.4) is 0 Å². The smallest absolute Gasteiger partial charge is 0.350 e. The fourth-order valence-electron chi connectivity index (χ4n) is 1.57. The molecular weight excluding hydrogens is 308 g/mol. The minimum Gasteiger partial charge on any atom is -0.419 e. The van der Waals surface area contributed by atoms with Crippen LogP contribution < -0.4 is 5.32 Å². The van der Waals surface area contributed by atoms with Crippen molar-refractivity contribution in [3.05, 3.63) is 40.6 Å². The summed E-state index contributed by atoms with van der Waals surface area (Å²) >= 11 is 5.33. The monoisotopic (exact) mass is 317 g/mol. The minimum atomic E-state index is -1.36. The van der Waals surface area contributed by atoms with Crippen LogP contribution in [0.25, 0.3) is 0 Å². The highest BCUT2D eigenvalue weighted by Crippen LogP contribution is 2.25. The number of anilines is 1. The molecule has 112 valence electrons. The molecule has 1 saturated heterocycles. The molecule has 1 aliphatic heterocycles. The predicted octanol–water partition coefficient (Wildman–Crippen LogP) is 2.75. The zero-order chi connectivity index (χ0) is 15.8. The van der Waals surface area contributed by atoms with Gasteiger partial charge in [0.1, 0.15) is 16.7 Å². The van der Waals surface area contributed by atoms with Crippen molar-refractivity contribution in [2.24, 2.45) is 0 Å². The van der Waals surface area contributed by atoms with E-state index in [4.69, 9.17) is 21.1 Å². The third kappa shape index (κ3) is 3.30. The number of rotatable bonds is 2. The van der Waals surface area contributed by atoms with Crippen LogP contribution >= 0.6 is 11.6 Å². The van der Waals surface area contributed by atoms with Crippen LogP contribution in [0.5, 0.6) is 0 Å². The molecule has 0 saturated carbocycles.